The number of rotatable bonds is 10. The molecule has 0 radical (unpaired) electrons. The Hall–Kier alpha value is -2.29. The highest BCUT2D eigenvalue weighted by molar-refractivity contribution is 5.69. The number of aliphatic hydroxyl groups is 2. The van der Waals surface area contributed by atoms with E-state index in [0.717, 1.165) is 49.0 Å². The number of esters is 1. The van der Waals surface area contributed by atoms with Crippen molar-refractivity contribution < 1.29 is 24.5 Å². The minimum Gasteiger partial charge on any atom is -0.489 e. The predicted molar refractivity (Wildman–Crippen MR) is 134 cm³/mol. The number of fused-ring (bicyclic) bond motifs is 3. The zero-order chi connectivity index (χ0) is 24.7. The van der Waals surface area contributed by atoms with Gasteiger partial charge in [-0.3, -0.25) is 4.79 Å². The highest BCUT2D eigenvalue weighted by atomic mass is 16.5. The molecule has 1 aliphatic carbocycles. The van der Waals surface area contributed by atoms with Crippen LogP contribution in [0.4, 0.5) is 0 Å². The Morgan fingerprint density at radius 2 is 2.09 bits per heavy atom. The molecule has 3 rings (SSSR count). The van der Waals surface area contributed by atoms with Gasteiger partial charge >= 0.3 is 5.97 Å². The average Bonchev–Trinajstić information content (AvgIpc) is 3.32. The molecule has 1 aromatic carbocycles. The van der Waals surface area contributed by atoms with Gasteiger partial charge in [0.1, 0.15) is 11.9 Å². The molecule has 34 heavy (non-hydrogen) atoms. The van der Waals surface area contributed by atoms with Crippen molar-refractivity contribution in [3.63, 3.8) is 0 Å². The molecule has 1 heterocycles. The summed E-state index contributed by atoms with van der Waals surface area (Å²) in [4.78, 5) is 11.6. The van der Waals surface area contributed by atoms with Crippen LogP contribution >= 0.6 is 0 Å². The smallest absolute Gasteiger partial charge is 0.305 e. The van der Waals surface area contributed by atoms with Crippen molar-refractivity contribution in [1.82, 2.24) is 0 Å². The first-order valence-electron chi connectivity index (χ1n) is 12.6. The van der Waals surface area contributed by atoms with E-state index in [-0.39, 0.29) is 29.3 Å². The normalized spacial score (nSPS) is 24.2. The monoisotopic (exact) mass is 468 g/mol. The Morgan fingerprint density at radius 3 is 2.82 bits per heavy atom. The first-order chi connectivity index (χ1) is 16.3. The van der Waals surface area contributed by atoms with E-state index >= 15 is 0 Å². The van der Waals surface area contributed by atoms with Crippen LogP contribution in [-0.4, -0.2) is 41.6 Å². The molecule has 5 nitrogen and oxygen atoms in total. The molecule has 5 heteroatoms. The Balaban J connectivity index is 1.67. The van der Waals surface area contributed by atoms with Crippen molar-refractivity contribution in [2.75, 3.05) is 7.11 Å². The quantitative estimate of drug-likeness (QED) is 0.220. The second kappa shape index (κ2) is 11.9. The lowest BCUT2D eigenvalue weighted by molar-refractivity contribution is -0.140. The van der Waals surface area contributed by atoms with E-state index in [9.17, 15) is 15.0 Å². The van der Waals surface area contributed by atoms with Gasteiger partial charge < -0.3 is 19.7 Å². The largest absolute Gasteiger partial charge is 0.489 e. The molecule has 1 aliphatic heterocycles. The highest BCUT2D eigenvalue weighted by Crippen LogP contribution is 2.52. The maximum Gasteiger partial charge on any atom is 0.305 e. The summed E-state index contributed by atoms with van der Waals surface area (Å²) in [6.07, 6.45) is 8.83. The molecule has 2 unspecified atom stereocenters. The van der Waals surface area contributed by atoms with Crippen molar-refractivity contribution in [2.45, 2.75) is 96.4 Å². The van der Waals surface area contributed by atoms with Crippen molar-refractivity contribution in [3.8, 4) is 17.6 Å². The van der Waals surface area contributed by atoms with Crippen LogP contribution < -0.4 is 4.74 Å². The summed E-state index contributed by atoms with van der Waals surface area (Å²) in [6.45, 7) is 6.29. The summed E-state index contributed by atoms with van der Waals surface area (Å²) in [7, 11) is 1.40. The summed E-state index contributed by atoms with van der Waals surface area (Å²) < 4.78 is 11.0. The maximum absolute atomic E-state index is 11.6. The van der Waals surface area contributed by atoms with Crippen molar-refractivity contribution in [2.24, 2.45) is 11.3 Å². The van der Waals surface area contributed by atoms with Crippen LogP contribution in [0.3, 0.4) is 0 Å². The maximum atomic E-state index is 11.6. The molecular formula is C29H40O5. The van der Waals surface area contributed by atoms with Gasteiger partial charge in [-0.1, -0.05) is 57.5 Å². The molecule has 0 amide bonds. The number of benzene rings is 1. The summed E-state index contributed by atoms with van der Waals surface area (Å²) in [5, 5.41) is 21.7. The Bertz CT molecular complexity index is 922. The van der Waals surface area contributed by atoms with Gasteiger partial charge in [-0.05, 0) is 30.2 Å². The van der Waals surface area contributed by atoms with Crippen LogP contribution in [0.1, 0.15) is 82.8 Å². The van der Waals surface area contributed by atoms with Crippen molar-refractivity contribution in [1.29, 1.82) is 0 Å². The van der Waals surface area contributed by atoms with E-state index in [1.807, 2.05) is 24.3 Å². The second-order valence-corrected chi connectivity index (χ2v) is 10.2. The zero-order valence-electron chi connectivity index (χ0n) is 21.0. The number of carbonyl (C=O) groups excluding carboxylic acids is 1. The number of para-hydroxylation sites is 1. The third kappa shape index (κ3) is 6.23. The summed E-state index contributed by atoms with van der Waals surface area (Å²) in [5.74, 6) is 6.97. The molecular weight excluding hydrogens is 428 g/mol. The van der Waals surface area contributed by atoms with E-state index in [1.54, 1.807) is 0 Å². The molecule has 1 aromatic rings. The first-order valence-corrected chi connectivity index (χ1v) is 12.6. The van der Waals surface area contributed by atoms with Gasteiger partial charge in [0.05, 0.1) is 19.3 Å². The molecule has 5 atom stereocenters. The van der Waals surface area contributed by atoms with Gasteiger partial charge in [-0.25, -0.2) is 0 Å². The molecule has 0 spiro atoms. The van der Waals surface area contributed by atoms with E-state index in [4.69, 9.17) is 9.47 Å². The first kappa shape index (κ1) is 26.3. The van der Waals surface area contributed by atoms with Crippen molar-refractivity contribution >= 4 is 5.97 Å². The number of carbonyl (C=O) groups is 1. The Labute approximate surface area is 204 Å². The van der Waals surface area contributed by atoms with Gasteiger partial charge in [0.15, 0.2) is 0 Å². The lowest BCUT2D eigenvalue weighted by Gasteiger charge is -2.28. The number of hydrogen-bond acceptors (Lipinski definition) is 5. The minimum atomic E-state index is -0.621. The SMILES string of the molecule is CCCCC#CCCC(C)(C)[C@@H](O)/C=C/C1C2c3cccc(CCC(=O)OC)c3O[C@H]2C[C@H]1O. The van der Waals surface area contributed by atoms with Crippen LogP contribution in [0.2, 0.25) is 0 Å². The molecule has 0 saturated heterocycles. The van der Waals surface area contributed by atoms with Crippen LogP contribution in [0.5, 0.6) is 5.75 Å². The third-order valence-electron chi connectivity index (χ3n) is 7.31. The van der Waals surface area contributed by atoms with Gasteiger partial charge in [-0.2, -0.15) is 0 Å². The van der Waals surface area contributed by atoms with Crippen molar-refractivity contribution in [3.05, 3.63) is 41.5 Å². The summed E-state index contributed by atoms with van der Waals surface area (Å²) >= 11 is 0. The standard InChI is InChI=1S/C29H40O5/c1-5-6-7-8-9-10-18-29(2,3)25(31)16-15-21-23(30)19-24-27(21)22-13-11-12-20(28(22)34-24)14-17-26(32)33-4/h11-13,15-16,21,23-25,27,30-31H,5-7,10,14,17-19H2,1-4H3/b16-15+/t21?,23-,24+,25+,27?/m1/s1. The van der Waals surface area contributed by atoms with Crippen LogP contribution in [0, 0.1) is 23.2 Å². The molecule has 2 N–H and O–H groups in total. The molecule has 1 fully saturated rings. The number of ether oxygens (including phenoxy) is 2. The number of aryl methyl sites for hydroxylation is 1. The fourth-order valence-electron chi connectivity index (χ4n) is 4.97. The van der Waals surface area contributed by atoms with Crippen LogP contribution in [0.25, 0.3) is 0 Å². The average molecular weight is 469 g/mol. The van der Waals surface area contributed by atoms with Gasteiger partial charge in [0.25, 0.3) is 0 Å². The lowest BCUT2D eigenvalue weighted by Crippen LogP contribution is -2.28. The number of hydrogen-bond donors (Lipinski definition) is 2. The Morgan fingerprint density at radius 1 is 1.32 bits per heavy atom. The van der Waals surface area contributed by atoms with Crippen LogP contribution in [-0.2, 0) is 16.0 Å². The third-order valence-corrected chi connectivity index (χ3v) is 7.31. The summed E-state index contributed by atoms with van der Waals surface area (Å²) in [5.41, 5.74) is 1.77. The number of aliphatic hydroxyl groups excluding tert-OH is 2. The second-order valence-electron chi connectivity index (χ2n) is 10.2. The van der Waals surface area contributed by atoms with E-state index < -0.39 is 12.2 Å². The van der Waals surface area contributed by atoms with Gasteiger partial charge in [0, 0.05) is 43.1 Å². The molecule has 1 saturated carbocycles. The fourth-order valence-corrected chi connectivity index (χ4v) is 4.97. The minimum absolute atomic E-state index is 0.0408. The van der Waals surface area contributed by atoms with Gasteiger partial charge in [0.2, 0.25) is 0 Å². The molecule has 2 aliphatic rings. The molecule has 0 bridgehead atoms. The summed E-state index contributed by atoms with van der Waals surface area (Å²) in [6, 6.07) is 6.03. The predicted octanol–water partition coefficient (Wildman–Crippen LogP) is 4.93. The molecule has 0 aromatic heterocycles. The van der Waals surface area contributed by atoms with E-state index in [2.05, 4.69) is 38.7 Å². The Kier molecular flexibility index (Phi) is 9.22. The fraction of sp³-hybridized carbons (Fsp3) is 0.621. The molecule has 186 valence electrons. The highest BCUT2D eigenvalue weighted by Gasteiger charge is 2.49. The van der Waals surface area contributed by atoms with Gasteiger partial charge in [-0.15, -0.1) is 11.8 Å². The topological polar surface area (TPSA) is 76.0 Å². The van der Waals surface area contributed by atoms with E-state index in [1.165, 1.54) is 7.11 Å². The van der Waals surface area contributed by atoms with E-state index in [0.29, 0.717) is 19.3 Å². The zero-order valence-corrected chi connectivity index (χ0v) is 21.0. The number of unbranched alkanes of at least 4 members (excludes halogenated alkanes) is 2. The lowest BCUT2D eigenvalue weighted by atomic mass is 9.80. The number of methoxy groups -OCH3 is 1. The van der Waals surface area contributed by atoms with Crippen LogP contribution in [0.15, 0.2) is 30.4 Å².